The quantitative estimate of drug-likeness (QED) is 0.897. The molecule has 110 valence electrons. The lowest BCUT2D eigenvalue weighted by atomic mass is 10.0. The maximum absolute atomic E-state index is 11.2. The zero-order valence-corrected chi connectivity index (χ0v) is 13.5. The van der Waals surface area contributed by atoms with Crippen molar-refractivity contribution in [2.24, 2.45) is 0 Å². The Balaban J connectivity index is 2.19. The van der Waals surface area contributed by atoms with Crippen molar-refractivity contribution >= 4 is 33.2 Å². The van der Waals surface area contributed by atoms with Crippen molar-refractivity contribution in [2.75, 3.05) is 20.3 Å². The number of nitrogens with zero attached hydrogens (tertiary/aromatic N) is 1. The molecule has 2 heterocycles. The summed E-state index contributed by atoms with van der Waals surface area (Å²) in [6.45, 7) is 0.903. The summed E-state index contributed by atoms with van der Waals surface area (Å²) < 4.78 is 12.0. The summed E-state index contributed by atoms with van der Waals surface area (Å²) in [5, 5.41) is 9.29. The van der Waals surface area contributed by atoms with Crippen molar-refractivity contribution in [1.29, 1.82) is 0 Å². The third-order valence-electron chi connectivity index (χ3n) is 3.21. The van der Waals surface area contributed by atoms with Crippen LogP contribution in [0.5, 0.6) is 5.75 Å². The summed E-state index contributed by atoms with van der Waals surface area (Å²) in [7, 11) is 1.62. The SMILES string of the molecule is COCC1COc2ccc(Br)cc2-c2nc(C(=O)O)sc21. The van der Waals surface area contributed by atoms with E-state index in [0.717, 1.165) is 14.9 Å². The molecule has 0 fully saturated rings. The number of thiazole rings is 1. The number of halogens is 1. The molecule has 1 aromatic heterocycles. The van der Waals surface area contributed by atoms with Gasteiger partial charge in [0.25, 0.3) is 0 Å². The Morgan fingerprint density at radius 3 is 3.14 bits per heavy atom. The van der Waals surface area contributed by atoms with Gasteiger partial charge in [-0.25, -0.2) is 9.78 Å². The second-order valence-electron chi connectivity index (χ2n) is 4.64. The first-order chi connectivity index (χ1) is 10.1. The normalized spacial score (nSPS) is 16.6. The Kier molecular flexibility index (Phi) is 3.97. The Morgan fingerprint density at radius 2 is 2.43 bits per heavy atom. The molecule has 7 heteroatoms. The van der Waals surface area contributed by atoms with Crippen LogP contribution in [0.2, 0.25) is 0 Å². The third-order valence-corrected chi connectivity index (χ3v) is 4.91. The van der Waals surface area contributed by atoms with Crippen LogP contribution in [-0.4, -0.2) is 36.4 Å². The molecule has 1 atom stereocenters. The highest BCUT2D eigenvalue weighted by molar-refractivity contribution is 9.10. The van der Waals surface area contributed by atoms with Crippen LogP contribution in [0, 0.1) is 0 Å². The number of aromatic carboxylic acids is 1. The second kappa shape index (κ2) is 5.75. The molecular weight excluding hydrogens is 358 g/mol. The zero-order chi connectivity index (χ0) is 15.0. The highest BCUT2D eigenvalue weighted by Gasteiger charge is 2.29. The average Bonchev–Trinajstić information content (AvgIpc) is 2.84. The minimum atomic E-state index is -1.01. The van der Waals surface area contributed by atoms with Crippen molar-refractivity contribution in [3.63, 3.8) is 0 Å². The number of carbonyl (C=O) groups is 1. The molecule has 0 aliphatic carbocycles. The van der Waals surface area contributed by atoms with Gasteiger partial charge in [-0.3, -0.25) is 0 Å². The monoisotopic (exact) mass is 369 g/mol. The summed E-state index contributed by atoms with van der Waals surface area (Å²) in [6.07, 6.45) is 0. The van der Waals surface area contributed by atoms with E-state index in [1.165, 1.54) is 11.3 Å². The van der Waals surface area contributed by atoms with E-state index in [2.05, 4.69) is 20.9 Å². The molecule has 1 aromatic carbocycles. The van der Waals surface area contributed by atoms with Gasteiger partial charge < -0.3 is 14.6 Å². The van der Waals surface area contributed by atoms with Gasteiger partial charge in [0, 0.05) is 22.0 Å². The standard InChI is InChI=1S/C14H12BrNO4S/c1-19-5-7-6-20-10-3-2-8(15)4-9(10)11-12(7)21-13(16-11)14(17)18/h2-4,7H,5-6H2,1H3,(H,17,18). The van der Waals surface area contributed by atoms with E-state index in [9.17, 15) is 9.90 Å². The number of ether oxygens (including phenoxy) is 2. The smallest absolute Gasteiger partial charge is 0.365 e. The summed E-state index contributed by atoms with van der Waals surface area (Å²) >= 11 is 4.62. The average molecular weight is 370 g/mol. The molecular formula is C14H12BrNO4S. The van der Waals surface area contributed by atoms with E-state index < -0.39 is 5.97 Å². The highest BCUT2D eigenvalue weighted by atomic mass is 79.9. The van der Waals surface area contributed by atoms with Gasteiger partial charge in [0.1, 0.15) is 5.75 Å². The first-order valence-electron chi connectivity index (χ1n) is 6.26. The van der Waals surface area contributed by atoms with Crippen LogP contribution in [0.3, 0.4) is 0 Å². The molecule has 1 N–H and O–H groups in total. The minimum Gasteiger partial charge on any atom is -0.492 e. The molecule has 0 spiro atoms. The fourth-order valence-electron chi connectivity index (χ4n) is 2.30. The highest BCUT2D eigenvalue weighted by Crippen LogP contribution is 2.42. The predicted molar refractivity (Wildman–Crippen MR) is 82.3 cm³/mol. The molecule has 1 aliphatic rings. The first-order valence-corrected chi connectivity index (χ1v) is 7.86. The van der Waals surface area contributed by atoms with Crippen LogP contribution in [0.1, 0.15) is 20.6 Å². The van der Waals surface area contributed by atoms with Gasteiger partial charge in [-0.05, 0) is 18.2 Å². The van der Waals surface area contributed by atoms with Gasteiger partial charge in [0.15, 0.2) is 0 Å². The molecule has 3 rings (SSSR count). The number of hydrogen-bond donors (Lipinski definition) is 1. The molecule has 1 unspecified atom stereocenters. The van der Waals surface area contributed by atoms with Gasteiger partial charge in [0.2, 0.25) is 5.01 Å². The molecule has 0 radical (unpaired) electrons. The van der Waals surface area contributed by atoms with Crippen LogP contribution in [-0.2, 0) is 4.74 Å². The lowest BCUT2D eigenvalue weighted by Crippen LogP contribution is -2.13. The van der Waals surface area contributed by atoms with Crippen LogP contribution in [0.15, 0.2) is 22.7 Å². The van der Waals surface area contributed by atoms with Gasteiger partial charge in [0.05, 0.1) is 24.8 Å². The van der Waals surface area contributed by atoms with Crippen LogP contribution < -0.4 is 4.74 Å². The van der Waals surface area contributed by atoms with E-state index in [4.69, 9.17) is 9.47 Å². The van der Waals surface area contributed by atoms with Crippen molar-refractivity contribution in [2.45, 2.75) is 5.92 Å². The minimum absolute atomic E-state index is 0.0261. The number of carboxylic acids is 1. The fraction of sp³-hybridized carbons (Fsp3) is 0.286. The first kappa shape index (κ1) is 14.5. The van der Waals surface area contributed by atoms with E-state index in [0.29, 0.717) is 24.7 Å². The number of aromatic nitrogens is 1. The summed E-state index contributed by atoms with van der Waals surface area (Å²) in [5.74, 6) is -0.330. The number of benzene rings is 1. The summed E-state index contributed by atoms with van der Waals surface area (Å²) in [6, 6.07) is 5.65. The lowest BCUT2D eigenvalue weighted by Gasteiger charge is -2.12. The largest absolute Gasteiger partial charge is 0.492 e. The van der Waals surface area contributed by atoms with Crippen LogP contribution in [0.25, 0.3) is 11.3 Å². The van der Waals surface area contributed by atoms with E-state index in [-0.39, 0.29) is 10.9 Å². The Hall–Kier alpha value is -1.44. The number of hydrogen-bond acceptors (Lipinski definition) is 5. The third kappa shape index (κ3) is 2.68. The van der Waals surface area contributed by atoms with Gasteiger partial charge >= 0.3 is 5.97 Å². The second-order valence-corrected chi connectivity index (χ2v) is 6.59. The van der Waals surface area contributed by atoms with Gasteiger partial charge in [-0.15, -0.1) is 11.3 Å². The molecule has 2 aromatic rings. The van der Waals surface area contributed by atoms with Gasteiger partial charge in [-0.1, -0.05) is 15.9 Å². The number of carboxylic acid groups (broad SMARTS) is 1. The molecule has 0 amide bonds. The van der Waals surface area contributed by atoms with Crippen molar-refractivity contribution in [1.82, 2.24) is 4.98 Å². The number of fused-ring (bicyclic) bond motifs is 3. The van der Waals surface area contributed by atoms with Gasteiger partial charge in [-0.2, -0.15) is 0 Å². The van der Waals surface area contributed by atoms with Crippen LogP contribution in [0.4, 0.5) is 0 Å². The van der Waals surface area contributed by atoms with Crippen molar-refractivity contribution in [3.05, 3.63) is 32.6 Å². The number of methoxy groups -OCH3 is 1. The van der Waals surface area contributed by atoms with Crippen molar-refractivity contribution in [3.8, 4) is 17.0 Å². The molecule has 0 bridgehead atoms. The van der Waals surface area contributed by atoms with E-state index >= 15 is 0 Å². The molecule has 5 nitrogen and oxygen atoms in total. The molecule has 0 saturated carbocycles. The Labute approximate surface area is 133 Å². The Bertz CT molecular complexity index is 700. The van der Waals surface area contributed by atoms with Crippen molar-refractivity contribution < 1.29 is 19.4 Å². The fourth-order valence-corrected chi connectivity index (χ4v) is 3.65. The maximum atomic E-state index is 11.2. The molecule has 0 saturated heterocycles. The summed E-state index contributed by atoms with van der Waals surface area (Å²) in [5.41, 5.74) is 1.48. The molecule has 21 heavy (non-hydrogen) atoms. The van der Waals surface area contributed by atoms with Crippen LogP contribution >= 0.6 is 27.3 Å². The topological polar surface area (TPSA) is 68.7 Å². The van der Waals surface area contributed by atoms with E-state index in [1.54, 1.807) is 7.11 Å². The maximum Gasteiger partial charge on any atom is 0.365 e. The lowest BCUT2D eigenvalue weighted by molar-refractivity contribution is 0.0696. The summed E-state index contributed by atoms with van der Waals surface area (Å²) in [4.78, 5) is 16.4. The Morgan fingerprint density at radius 1 is 1.62 bits per heavy atom. The number of rotatable bonds is 3. The molecule has 1 aliphatic heterocycles. The van der Waals surface area contributed by atoms with E-state index in [1.807, 2.05) is 18.2 Å². The zero-order valence-electron chi connectivity index (χ0n) is 11.1. The predicted octanol–water partition coefficient (Wildman–Crippen LogP) is 3.39.